The number of nitrogens with zero attached hydrogens (tertiary/aromatic N) is 4. The van der Waals surface area contributed by atoms with Crippen molar-refractivity contribution in [2.45, 2.75) is 58.4 Å². The van der Waals surface area contributed by atoms with Crippen molar-refractivity contribution >= 4 is 11.9 Å². The van der Waals surface area contributed by atoms with Crippen LogP contribution in [0.1, 0.15) is 56.3 Å². The maximum atomic E-state index is 11.0. The molecular formula is C19H31N5O. The van der Waals surface area contributed by atoms with Crippen LogP contribution in [0, 0.1) is 12.8 Å². The molecule has 2 aliphatic rings. The van der Waals surface area contributed by atoms with E-state index in [-0.39, 0.29) is 5.91 Å². The number of carbonyl (C=O) groups is 1. The van der Waals surface area contributed by atoms with E-state index in [1.54, 1.807) is 0 Å². The molecule has 2 N–H and O–H groups in total. The van der Waals surface area contributed by atoms with Crippen molar-refractivity contribution < 1.29 is 4.79 Å². The number of hydrogen-bond donors (Lipinski definition) is 1. The van der Waals surface area contributed by atoms with Gasteiger partial charge in [-0.1, -0.05) is 0 Å². The first-order chi connectivity index (χ1) is 12.1. The Morgan fingerprint density at radius 3 is 2.76 bits per heavy atom. The molecule has 0 spiro atoms. The van der Waals surface area contributed by atoms with Crippen molar-refractivity contribution in [2.24, 2.45) is 11.7 Å². The molecule has 1 aromatic rings. The molecule has 0 aliphatic carbocycles. The Morgan fingerprint density at radius 1 is 1.20 bits per heavy atom. The Bertz CT molecular complexity index is 585. The lowest BCUT2D eigenvalue weighted by Gasteiger charge is -2.33. The van der Waals surface area contributed by atoms with Crippen LogP contribution in [0.15, 0.2) is 6.07 Å². The summed E-state index contributed by atoms with van der Waals surface area (Å²) in [5.41, 5.74) is 7.46. The zero-order valence-electron chi connectivity index (χ0n) is 15.4. The van der Waals surface area contributed by atoms with Crippen LogP contribution in [-0.4, -0.2) is 47.0 Å². The second kappa shape index (κ2) is 8.61. The normalized spacial score (nSPS) is 22.1. The smallest absolute Gasteiger partial charge is 0.225 e. The molecule has 2 aliphatic heterocycles. The number of nitrogens with two attached hydrogens (primary N) is 1. The fourth-order valence-electron chi connectivity index (χ4n) is 4.04. The molecule has 0 bridgehead atoms. The predicted molar refractivity (Wildman–Crippen MR) is 99.3 cm³/mol. The van der Waals surface area contributed by atoms with Crippen LogP contribution in [0.4, 0.5) is 5.95 Å². The lowest BCUT2D eigenvalue weighted by Crippen LogP contribution is -2.36. The third-order valence-electron chi connectivity index (χ3n) is 5.32. The lowest BCUT2D eigenvalue weighted by atomic mass is 9.93. The van der Waals surface area contributed by atoms with E-state index < -0.39 is 0 Å². The van der Waals surface area contributed by atoms with E-state index in [0.29, 0.717) is 12.3 Å². The molecule has 3 heterocycles. The Kier molecular flexibility index (Phi) is 6.24. The highest BCUT2D eigenvalue weighted by Crippen LogP contribution is 2.23. The number of aryl methyl sites for hydroxylation is 1. The van der Waals surface area contributed by atoms with Gasteiger partial charge in [-0.25, -0.2) is 9.97 Å². The number of hydrogen-bond acceptors (Lipinski definition) is 5. The number of anilines is 1. The number of carbonyl (C=O) groups excluding carboxylic acids is 1. The van der Waals surface area contributed by atoms with Crippen molar-refractivity contribution in [1.29, 1.82) is 0 Å². The van der Waals surface area contributed by atoms with Crippen LogP contribution in [0.5, 0.6) is 0 Å². The largest absolute Gasteiger partial charge is 0.370 e. The molecule has 1 amide bonds. The molecular weight excluding hydrogens is 314 g/mol. The van der Waals surface area contributed by atoms with Crippen LogP contribution < -0.4 is 10.6 Å². The third-order valence-corrected chi connectivity index (χ3v) is 5.32. The first kappa shape index (κ1) is 18.1. The maximum absolute atomic E-state index is 11.0. The van der Waals surface area contributed by atoms with Crippen molar-refractivity contribution in [1.82, 2.24) is 14.9 Å². The van der Waals surface area contributed by atoms with Crippen LogP contribution in [-0.2, 0) is 11.3 Å². The molecule has 2 fully saturated rings. The molecule has 6 nitrogen and oxygen atoms in total. The molecule has 0 aromatic carbocycles. The number of amides is 1. The summed E-state index contributed by atoms with van der Waals surface area (Å²) in [6.45, 7) is 7.22. The van der Waals surface area contributed by atoms with Gasteiger partial charge in [0.1, 0.15) is 0 Å². The van der Waals surface area contributed by atoms with Crippen LogP contribution in [0.25, 0.3) is 0 Å². The summed E-state index contributed by atoms with van der Waals surface area (Å²) < 4.78 is 0. The van der Waals surface area contributed by atoms with Gasteiger partial charge < -0.3 is 10.6 Å². The molecule has 1 aromatic heterocycles. The van der Waals surface area contributed by atoms with E-state index in [1.807, 2.05) is 0 Å². The molecule has 0 unspecified atom stereocenters. The third kappa shape index (κ3) is 5.39. The molecule has 2 saturated heterocycles. The predicted octanol–water partition coefficient (Wildman–Crippen LogP) is 2.25. The summed E-state index contributed by atoms with van der Waals surface area (Å²) in [6.07, 6.45) is 7.59. The van der Waals surface area contributed by atoms with Gasteiger partial charge in [0, 0.05) is 38.3 Å². The number of rotatable bonds is 6. The summed E-state index contributed by atoms with van der Waals surface area (Å²) in [4.78, 5) is 25.3. The number of piperidine rings is 2. The molecule has 3 rings (SSSR count). The second-order valence-electron chi connectivity index (χ2n) is 7.60. The first-order valence-corrected chi connectivity index (χ1v) is 9.70. The minimum absolute atomic E-state index is 0.185. The Labute approximate surface area is 150 Å². The molecule has 138 valence electrons. The highest BCUT2D eigenvalue weighted by Gasteiger charge is 2.21. The Balaban J connectivity index is 1.61. The van der Waals surface area contributed by atoms with E-state index in [1.165, 1.54) is 32.1 Å². The lowest BCUT2D eigenvalue weighted by molar-refractivity contribution is -0.118. The highest BCUT2D eigenvalue weighted by molar-refractivity contribution is 5.73. The average Bonchev–Trinajstić information content (AvgIpc) is 2.60. The van der Waals surface area contributed by atoms with Gasteiger partial charge in [-0.2, -0.15) is 0 Å². The minimum atomic E-state index is -0.185. The van der Waals surface area contributed by atoms with Gasteiger partial charge in [0.25, 0.3) is 0 Å². The second-order valence-corrected chi connectivity index (χ2v) is 7.60. The minimum Gasteiger partial charge on any atom is -0.370 e. The topological polar surface area (TPSA) is 75.3 Å². The van der Waals surface area contributed by atoms with Crippen molar-refractivity contribution in [3.8, 4) is 0 Å². The first-order valence-electron chi connectivity index (χ1n) is 9.70. The quantitative estimate of drug-likeness (QED) is 0.856. The van der Waals surface area contributed by atoms with Crippen LogP contribution in [0.3, 0.4) is 0 Å². The molecule has 25 heavy (non-hydrogen) atoms. The van der Waals surface area contributed by atoms with Crippen LogP contribution in [0.2, 0.25) is 0 Å². The SMILES string of the molecule is Cc1cc(CN2CCC[C@H](CCC(N)=O)C2)nc(N2CCCCC2)n1. The van der Waals surface area contributed by atoms with E-state index in [2.05, 4.69) is 27.8 Å². The standard InChI is InChI=1S/C19H31N5O/c1-15-12-17(22-19(21-15)24-10-3-2-4-11-24)14-23-9-5-6-16(13-23)7-8-18(20)25/h12,16H,2-11,13-14H2,1H3,(H2,20,25)/t16-/m1/s1. The van der Waals surface area contributed by atoms with Gasteiger partial charge in [-0.15, -0.1) is 0 Å². The monoisotopic (exact) mass is 345 g/mol. The van der Waals surface area contributed by atoms with Gasteiger partial charge in [-0.05, 0) is 64.0 Å². The Morgan fingerprint density at radius 2 is 2.00 bits per heavy atom. The molecule has 6 heteroatoms. The van der Waals surface area contributed by atoms with Gasteiger partial charge in [0.05, 0.1) is 5.69 Å². The molecule has 0 radical (unpaired) electrons. The number of primary amides is 1. The summed E-state index contributed by atoms with van der Waals surface area (Å²) >= 11 is 0. The fraction of sp³-hybridized carbons (Fsp3) is 0.737. The average molecular weight is 345 g/mol. The zero-order chi connectivity index (χ0) is 17.6. The van der Waals surface area contributed by atoms with E-state index in [9.17, 15) is 4.79 Å². The van der Waals surface area contributed by atoms with E-state index >= 15 is 0 Å². The van der Waals surface area contributed by atoms with Gasteiger partial charge in [0.15, 0.2) is 0 Å². The van der Waals surface area contributed by atoms with Crippen molar-refractivity contribution in [2.75, 3.05) is 31.1 Å². The number of aromatic nitrogens is 2. The number of likely N-dealkylation sites (tertiary alicyclic amines) is 1. The Hall–Kier alpha value is -1.69. The summed E-state index contributed by atoms with van der Waals surface area (Å²) in [6, 6.07) is 2.11. The van der Waals surface area contributed by atoms with E-state index in [0.717, 1.165) is 56.5 Å². The maximum Gasteiger partial charge on any atom is 0.225 e. The molecule has 1 atom stereocenters. The highest BCUT2D eigenvalue weighted by atomic mass is 16.1. The van der Waals surface area contributed by atoms with Gasteiger partial charge in [-0.3, -0.25) is 9.69 Å². The molecule has 0 saturated carbocycles. The fourth-order valence-corrected chi connectivity index (χ4v) is 4.04. The van der Waals surface area contributed by atoms with Crippen LogP contribution >= 0.6 is 0 Å². The summed E-state index contributed by atoms with van der Waals surface area (Å²) in [5, 5.41) is 0. The summed E-state index contributed by atoms with van der Waals surface area (Å²) in [7, 11) is 0. The zero-order valence-corrected chi connectivity index (χ0v) is 15.4. The summed E-state index contributed by atoms with van der Waals surface area (Å²) in [5.74, 6) is 1.29. The van der Waals surface area contributed by atoms with Gasteiger partial charge >= 0.3 is 0 Å². The van der Waals surface area contributed by atoms with E-state index in [4.69, 9.17) is 10.7 Å². The van der Waals surface area contributed by atoms with Gasteiger partial charge in [0.2, 0.25) is 11.9 Å². The van der Waals surface area contributed by atoms with Crippen molar-refractivity contribution in [3.05, 3.63) is 17.5 Å². The van der Waals surface area contributed by atoms with Crippen molar-refractivity contribution in [3.63, 3.8) is 0 Å².